The highest BCUT2D eigenvalue weighted by molar-refractivity contribution is 4.63. The predicted molar refractivity (Wildman–Crippen MR) is 95.7 cm³/mol. The van der Waals surface area contributed by atoms with E-state index in [-0.39, 0.29) is 0 Å². The van der Waals surface area contributed by atoms with Crippen LogP contribution in [0.3, 0.4) is 0 Å². The SMILES string of the molecule is CCCCC(CCC)CCCCC(CCC)CCCCO. The molecule has 0 aromatic heterocycles. The van der Waals surface area contributed by atoms with E-state index in [0.717, 1.165) is 18.3 Å². The highest BCUT2D eigenvalue weighted by Crippen LogP contribution is 2.25. The lowest BCUT2D eigenvalue weighted by Gasteiger charge is -2.18. The predicted octanol–water partition coefficient (Wildman–Crippen LogP) is 6.73. The molecule has 1 heteroatoms. The van der Waals surface area contributed by atoms with Crippen molar-refractivity contribution in [2.45, 2.75) is 111 Å². The third kappa shape index (κ3) is 13.4. The van der Waals surface area contributed by atoms with Crippen molar-refractivity contribution >= 4 is 0 Å². The topological polar surface area (TPSA) is 20.2 Å². The maximum Gasteiger partial charge on any atom is 0.0431 e. The van der Waals surface area contributed by atoms with Gasteiger partial charge in [0.1, 0.15) is 0 Å². The maximum absolute atomic E-state index is 8.91. The van der Waals surface area contributed by atoms with Gasteiger partial charge in [-0.05, 0) is 18.3 Å². The summed E-state index contributed by atoms with van der Waals surface area (Å²) < 4.78 is 0. The van der Waals surface area contributed by atoms with Crippen LogP contribution in [-0.4, -0.2) is 11.7 Å². The van der Waals surface area contributed by atoms with E-state index in [1.807, 2.05) is 0 Å². The molecule has 0 spiro atoms. The molecule has 0 radical (unpaired) electrons. The van der Waals surface area contributed by atoms with Crippen molar-refractivity contribution in [2.75, 3.05) is 6.61 Å². The normalized spacial score (nSPS) is 14.3. The Labute approximate surface area is 134 Å². The monoisotopic (exact) mass is 298 g/mol. The van der Waals surface area contributed by atoms with E-state index in [9.17, 15) is 0 Å². The molecule has 1 nitrogen and oxygen atoms in total. The van der Waals surface area contributed by atoms with Crippen molar-refractivity contribution in [2.24, 2.45) is 11.8 Å². The molecule has 0 aliphatic carbocycles. The zero-order chi connectivity index (χ0) is 15.8. The number of aliphatic hydroxyl groups excluding tert-OH is 1. The molecule has 0 rings (SSSR count). The Bertz CT molecular complexity index is 190. The molecule has 0 aliphatic rings. The van der Waals surface area contributed by atoms with E-state index < -0.39 is 0 Å². The van der Waals surface area contributed by atoms with Crippen LogP contribution >= 0.6 is 0 Å². The second-order valence-corrected chi connectivity index (χ2v) is 6.96. The van der Waals surface area contributed by atoms with E-state index >= 15 is 0 Å². The van der Waals surface area contributed by atoms with Gasteiger partial charge in [-0.3, -0.25) is 0 Å². The van der Waals surface area contributed by atoms with Crippen LogP contribution < -0.4 is 0 Å². The minimum absolute atomic E-state index is 0.370. The van der Waals surface area contributed by atoms with Gasteiger partial charge in [0.05, 0.1) is 0 Å². The van der Waals surface area contributed by atoms with Crippen molar-refractivity contribution in [3.05, 3.63) is 0 Å². The van der Waals surface area contributed by atoms with Crippen LogP contribution in [0.2, 0.25) is 0 Å². The van der Waals surface area contributed by atoms with Gasteiger partial charge in [0.25, 0.3) is 0 Å². The average Bonchev–Trinajstić information content (AvgIpc) is 2.49. The fraction of sp³-hybridized carbons (Fsp3) is 1.00. The third-order valence-corrected chi connectivity index (χ3v) is 4.86. The Hall–Kier alpha value is -0.0400. The highest BCUT2D eigenvalue weighted by Gasteiger charge is 2.10. The van der Waals surface area contributed by atoms with E-state index in [2.05, 4.69) is 20.8 Å². The Balaban J connectivity index is 3.78. The van der Waals surface area contributed by atoms with Crippen LogP contribution in [0.15, 0.2) is 0 Å². The van der Waals surface area contributed by atoms with Crippen LogP contribution in [0.4, 0.5) is 0 Å². The highest BCUT2D eigenvalue weighted by atomic mass is 16.2. The molecule has 0 heterocycles. The van der Waals surface area contributed by atoms with Crippen LogP contribution in [0, 0.1) is 11.8 Å². The fourth-order valence-electron chi connectivity index (χ4n) is 3.59. The number of unbranched alkanes of at least 4 members (excludes halogenated alkanes) is 3. The van der Waals surface area contributed by atoms with Gasteiger partial charge in [-0.2, -0.15) is 0 Å². The summed E-state index contributed by atoms with van der Waals surface area (Å²) >= 11 is 0. The van der Waals surface area contributed by atoms with Crippen molar-refractivity contribution < 1.29 is 5.11 Å². The lowest BCUT2D eigenvalue weighted by atomic mass is 9.88. The summed E-state index contributed by atoms with van der Waals surface area (Å²) in [7, 11) is 0. The average molecular weight is 299 g/mol. The van der Waals surface area contributed by atoms with E-state index in [1.165, 1.54) is 83.5 Å². The van der Waals surface area contributed by atoms with Gasteiger partial charge in [-0.1, -0.05) is 104 Å². The molecule has 21 heavy (non-hydrogen) atoms. The molecule has 0 fully saturated rings. The molecule has 128 valence electrons. The summed E-state index contributed by atoms with van der Waals surface area (Å²) in [6.07, 6.45) is 19.0. The molecule has 0 aromatic carbocycles. The molecule has 1 N–H and O–H groups in total. The van der Waals surface area contributed by atoms with Crippen LogP contribution in [0.1, 0.15) is 111 Å². The smallest absolute Gasteiger partial charge is 0.0431 e. The summed E-state index contributed by atoms with van der Waals surface area (Å²) in [6, 6.07) is 0. The van der Waals surface area contributed by atoms with Gasteiger partial charge >= 0.3 is 0 Å². The first kappa shape index (κ1) is 21.0. The summed E-state index contributed by atoms with van der Waals surface area (Å²) in [5.74, 6) is 1.91. The molecule has 0 aromatic rings. The second-order valence-electron chi connectivity index (χ2n) is 6.96. The molecule has 0 saturated heterocycles. The second kappa shape index (κ2) is 16.3. The zero-order valence-electron chi connectivity index (χ0n) is 15.2. The molecule has 0 amide bonds. The molecule has 0 aliphatic heterocycles. The van der Waals surface area contributed by atoms with Crippen molar-refractivity contribution in [1.82, 2.24) is 0 Å². The molecule has 0 bridgehead atoms. The summed E-state index contributed by atoms with van der Waals surface area (Å²) in [5.41, 5.74) is 0. The number of rotatable bonds is 16. The fourth-order valence-corrected chi connectivity index (χ4v) is 3.59. The van der Waals surface area contributed by atoms with E-state index in [4.69, 9.17) is 5.11 Å². The Morgan fingerprint density at radius 3 is 1.33 bits per heavy atom. The first-order chi connectivity index (χ1) is 10.3. The molecule has 0 saturated carbocycles. The minimum atomic E-state index is 0.370. The Morgan fingerprint density at radius 1 is 0.524 bits per heavy atom. The standard InChI is InChI=1S/C20H42O/c1-4-7-14-19(12-5-2)15-8-9-16-20(13-6-3)17-10-11-18-21/h19-21H,4-18H2,1-3H3. The lowest BCUT2D eigenvalue weighted by molar-refractivity contribution is 0.273. The number of hydrogen-bond acceptors (Lipinski definition) is 1. The van der Waals surface area contributed by atoms with E-state index in [0.29, 0.717) is 6.61 Å². The molecular formula is C20H42O. The van der Waals surface area contributed by atoms with Crippen LogP contribution in [0.25, 0.3) is 0 Å². The van der Waals surface area contributed by atoms with E-state index in [1.54, 1.807) is 0 Å². The lowest BCUT2D eigenvalue weighted by Crippen LogP contribution is -2.03. The Kier molecular flexibility index (Phi) is 16.3. The summed E-state index contributed by atoms with van der Waals surface area (Å²) in [5, 5.41) is 8.91. The molecule has 2 unspecified atom stereocenters. The number of aliphatic hydroxyl groups is 1. The Morgan fingerprint density at radius 2 is 0.952 bits per heavy atom. The van der Waals surface area contributed by atoms with Gasteiger partial charge in [0.2, 0.25) is 0 Å². The van der Waals surface area contributed by atoms with Gasteiger partial charge in [-0.25, -0.2) is 0 Å². The molecular weight excluding hydrogens is 256 g/mol. The van der Waals surface area contributed by atoms with Crippen LogP contribution in [-0.2, 0) is 0 Å². The van der Waals surface area contributed by atoms with Gasteiger partial charge in [0.15, 0.2) is 0 Å². The van der Waals surface area contributed by atoms with Gasteiger partial charge < -0.3 is 5.11 Å². The van der Waals surface area contributed by atoms with Crippen molar-refractivity contribution in [1.29, 1.82) is 0 Å². The quantitative estimate of drug-likeness (QED) is 0.313. The number of hydrogen-bond donors (Lipinski definition) is 1. The van der Waals surface area contributed by atoms with Crippen molar-refractivity contribution in [3.8, 4) is 0 Å². The zero-order valence-corrected chi connectivity index (χ0v) is 15.2. The first-order valence-corrected chi connectivity index (χ1v) is 9.89. The van der Waals surface area contributed by atoms with Crippen LogP contribution in [0.5, 0.6) is 0 Å². The van der Waals surface area contributed by atoms with Crippen molar-refractivity contribution in [3.63, 3.8) is 0 Å². The third-order valence-electron chi connectivity index (χ3n) is 4.86. The minimum Gasteiger partial charge on any atom is -0.396 e. The first-order valence-electron chi connectivity index (χ1n) is 9.89. The maximum atomic E-state index is 8.91. The van der Waals surface area contributed by atoms with Gasteiger partial charge in [0, 0.05) is 6.61 Å². The summed E-state index contributed by atoms with van der Waals surface area (Å²) in [6.45, 7) is 7.32. The van der Waals surface area contributed by atoms with Gasteiger partial charge in [-0.15, -0.1) is 0 Å². The largest absolute Gasteiger partial charge is 0.396 e. The molecule has 2 atom stereocenters. The summed E-state index contributed by atoms with van der Waals surface area (Å²) in [4.78, 5) is 0.